The van der Waals surface area contributed by atoms with Crippen molar-refractivity contribution in [3.8, 4) is 45.5 Å². The van der Waals surface area contributed by atoms with E-state index < -0.39 is 0 Å². The summed E-state index contributed by atoms with van der Waals surface area (Å²) in [5, 5.41) is 9.99. The molecule has 0 saturated heterocycles. The zero-order valence-electron chi connectivity index (χ0n) is 14.3. The standard InChI is InChI=1S/C20H19NO4/c1-23-14-8-9-15(20(12-14)25-3)17-6-4-5-16(21-17)13-7-10-19(24-2)18(22)11-13/h4-12,22H,1-3H3. The second-order valence-corrected chi connectivity index (χ2v) is 5.36. The SMILES string of the molecule is COc1ccc(-c2cccc(-c3ccc(OC)c(O)c3)n2)c(OC)c1. The van der Waals surface area contributed by atoms with Gasteiger partial charge in [-0.2, -0.15) is 0 Å². The third kappa shape index (κ3) is 3.35. The van der Waals surface area contributed by atoms with E-state index >= 15 is 0 Å². The van der Waals surface area contributed by atoms with Crippen molar-refractivity contribution >= 4 is 0 Å². The molecular weight excluding hydrogens is 318 g/mol. The van der Waals surface area contributed by atoms with Gasteiger partial charge in [0.1, 0.15) is 11.5 Å². The maximum absolute atomic E-state index is 9.99. The highest BCUT2D eigenvalue weighted by Gasteiger charge is 2.11. The number of rotatable bonds is 5. The highest BCUT2D eigenvalue weighted by atomic mass is 16.5. The third-order valence-electron chi connectivity index (χ3n) is 3.91. The fourth-order valence-electron chi connectivity index (χ4n) is 2.60. The van der Waals surface area contributed by atoms with Gasteiger partial charge < -0.3 is 19.3 Å². The minimum absolute atomic E-state index is 0.0780. The Morgan fingerprint density at radius 3 is 2.20 bits per heavy atom. The molecule has 0 saturated carbocycles. The van der Waals surface area contributed by atoms with Gasteiger partial charge in [-0.05, 0) is 42.5 Å². The summed E-state index contributed by atoms with van der Waals surface area (Å²) in [5.74, 6) is 1.91. The molecule has 25 heavy (non-hydrogen) atoms. The second kappa shape index (κ2) is 7.13. The van der Waals surface area contributed by atoms with Gasteiger partial charge in [0.25, 0.3) is 0 Å². The highest BCUT2D eigenvalue weighted by Crippen LogP contribution is 2.34. The Balaban J connectivity index is 2.04. The molecule has 0 aliphatic heterocycles. The topological polar surface area (TPSA) is 60.8 Å². The molecule has 3 rings (SSSR count). The Morgan fingerprint density at radius 2 is 1.52 bits per heavy atom. The van der Waals surface area contributed by atoms with Crippen LogP contribution in [0.5, 0.6) is 23.0 Å². The molecular formula is C20H19NO4. The summed E-state index contributed by atoms with van der Waals surface area (Å²) in [7, 11) is 4.75. The van der Waals surface area contributed by atoms with Crippen LogP contribution in [0.15, 0.2) is 54.6 Å². The van der Waals surface area contributed by atoms with Crippen LogP contribution in [0, 0.1) is 0 Å². The minimum atomic E-state index is 0.0780. The number of hydrogen-bond donors (Lipinski definition) is 1. The van der Waals surface area contributed by atoms with Crippen LogP contribution in [0.1, 0.15) is 0 Å². The molecule has 5 nitrogen and oxygen atoms in total. The quantitative estimate of drug-likeness (QED) is 0.758. The van der Waals surface area contributed by atoms with Crippen LogP contribution in [0.3, 0.4) is 0 Å². The van der Waals surface area contributed by atoms with Crippen molar-refractivity contribution in [2.45, 2.75) is 0 Å². The van der Waals surface area contributed by atoms with Gasteiger partial charge in [-0.1, -0.05) is 6.07 Å². The Kier molecular flexibility index (Phi) is 4.75. The average molecular weight is 337 g/mol. The number of nitrogens with zero attached hydrogens (tertiary/aromatic N) is 1. The van der Waals surface area contributed by atoms with Crippen LogP contribution in [0.25, 0.3) is 22.5 Å². The molecule has 0 bridgehead atoms. The number of aromatic nitrogens is 1. The van der Waals surface area contributed by atoms with Crippen molar-refractivity contribution in [3.63, 3.8) is 0 Å². The van der Waals surface area contributed by atoms with Crippen molar-refractivity contribution in [2.75, 3.05) is 21.3 Å². The number of aromatic hydroxyl groups is 1. The van der Waals surface area contributed by atoms with Gasteiger partial charge >= 0.3 is 0 Å². The second-order valence-electron chi connectivity index (χ2n) is 5.36. The molecule has 0 unspecified atom stereocenters. The normalized spacial score (nSPS) is 10.4. The fourth-order valence-corrected chi connectivity index (χ4v) is 2.60. The lowest BCUT2D eigenvalue weighted by Gasteiger charge is -2.11. The first-order valence-electron chi connectivity index (χ1n) is 7.73. The van der Waals surface area contributed by atoms with Crippen LogP contribution in [-0.2, 0) is 0 Å². The van der Waals surface area contributed by atoms with Crippen molar-refractivity contribution < 1.29 is 19.3 Å². The minimum Gasteiger partial charge on any atom is -0.504 e. The molecule has 0 fully saturated rings. The van der Waals surface area contributed by atoms with Gasteiger partial charge in [-0.15, -0.1) is 0 Å². The predicted molar refractivity (Wildman–Crippen MR) is 96.4 cm³/mol. The summed E-state index contributed by atoms with van der Waals surface area (Å²) in [6.07, 6.45) is 0. The zero-order chi connectivity index (χ0) is 17.8. The first kappa shape index (κ1) is 16.6. The molecule has 1 heterocycles. The number of pyridine rings is 1. The summed E-state index contributed by atoms with van der Waals surface area (Å²) in [6.45, 7) is 0. The molecule has 3 aromatic rings. The molecule has 5 heteroatoms. The highest BCUT2D eigenvalue weighted by molar-refractivity contribution is 5.72. The summed E-state index contributed by atoms with van der Waals surface area (Å²) in [5.41, 5.74) is 3.18. The van der Waals surface area contributed by atoms with Crippen LogP contribution < -0.4 is 14.2 Å². The van der Waals surface area contributed by atoms with E-state index in [-0.39, 0.29) is 5.75 Å². The maximum atomic E-state index is 9.99. The van der Waals surface area contributed by atoms with Crippen LogP contribution in [0.4, 0.5) is 0 Å². The molecule has 0 radical (unpaired) electrons. The number of hydrogen-bond acceptors (Lipinski definition) is 5. The van der Waals surface area contributed by atoms with Crippen molar-refractivity contribution in [2.24, 2.45) is 0 Å². The number of ether oxygens (including phenoxy) is 3. The van der Waals surface area contributed by atoms with Crippen molar-refractivity contribution in [1.29, 1.82) is 0 Å². The van der Waals surface area contributed by atoms with E-state index in [9.17, 15) is 5.11 Å². The lowest BCUT2D eigenvalue weighted by molar-refractivity contribution is 0.373. The Hall–Kier alpha value is -3.21. The number of phenols is 1. The first-order chi connectivity index (χ1) is 12.2. The van der Waals surface area contributed by atoms with E-state index in [1.807, 2.05) is 42.5 Å². The van der Waals surface area contributed by atoms with Gasteiger partial charge in [0.15, 0.2) is 11.5 Å². The maximum Gasteiger partial charge on any atom is 0.160 e. The van der Waals surface area contributed by atoms with E-state index in [0.717, 1.165) is 28.3 Å². The Bertz CT molecular complexity index is 893. The zero-order valence-corrected chi connectivity index (χ0v) is 14.3. The average Bonchev–Trinajstić information content (AvgIpc) is 2.67. The van der Waals surface area contributed by atoms with Gasteiger partial charge in [0.2, 0.25) is 0 Å². The molecule has 0 aliphatic carbocycles. The molecule has 0 amide bonds. The van der Waals surface area contributed by atoms with E-state index in [2.05, 4.69) is 0 Å². The van der Waals surface area contributed by atoms with Gasteiger partial charge in [-0.25, -0.2) is 4.98 Å². The van der Waals surface area contributed by atoms with Gasteiger partial charge in [-0.3, -0.25) is 0 Å². The van der Waals surface area contributed by atoms with Crippen LogP contribution in [-0.4, -0.2) is 31.4 Å². The fraction of sp³-hybridized carbons (Fsp3) is 0.150. The monoisotopic (exact) mass is 337 g/mol. The van der Waals surface area contributed by atoms with Crippen molar-refractivity contribution in [1.82, 2.24) is 4.98 Å². The number of methoxy groups -OCH3 is 3. The molecule has 1 aromatic heterocycles. The Morgan fingerprint density at radius 1 is 0.760 bits per heavy atom. The van der Waals surface area contributed by atoms with Gasteiger partial charge in [0.05, 0.1) is 32.7 Å². The van der Waals surface area contributed by atoms with E-state index in [0.29, 0.717) is 11.5 Å². The molecule has 1 N–H and O–H groups in total. The third-order valence-corrected chi connectivity index (χ3v) is 3.91. The number of benzene rings is 2. The summed E-state index contributed by atoms with van der Waals surface area (Å²) in [6, 6.07) is 16.5. The molecule has 0 aliphatic rings. The Labute approximate surface area is 146 Å². The lowest BCUT2D eigenvalue weighted by atomic mass is 10.1. The number of phenolic OH excluding ortho intramolecular Hbond substituents is 1. The predicted octanol–water partition coefficient (Wildman–Crippen LogP) is 4.15. The summed E-state index contributed by atoms with van der Waals surface area (Å²) >= 11 is 0. The van der Waals surface area contributed by atoms with Crippen molar-refractivity contribution in [3.05, 3.63) is 54.6 Å². The lowest BCUT2D eigenvalue weighted by Crippen LogP contribution is -1.93. The molecule has 0 atom stereocenters. The molecule has 0 spiro atoms. The van der Waals surface area contributed by atoms with E-state index in [1.165, 1.54) is 7.11 Å². The van der Waals surface area contributed by atoms with Gasteiger partial charge in [0, 0.05) is 17.2 Å². The largest absolute Gasteiger partial charge is 0.504 e. The first-order valence-corrected chi connectivity index (χ1v) is 7.73. The summed E-state index contributed by atoms with van der Waals surface area (Å²) in [4.78, 5) is 4.70. The van der Waals surface area contributed by atoms with E-state index in [1.54, 1.807) is 26.4 Å². The molecule has 128 valence electrons. The smallest absolute Gasteiger partial charge is 0.160 e. The molecule has 2 aromatic carbocycles. The van der Waals surface area contributed by atoms with Crippen LogP contribution in [0.2, 0.25) is 0 Å². The van der Waals surface area contributed by atoms with Crippen LogP contribution >= 0.6 is 0 Å². The summed E-state index contributed by atoms with van der Waals surface area (Å²) < 4.78 is 15.8. The van der Waals surface area contributed by atoms with E-state index in [4.69, 9.17) is 19.2 Å².